The molecule has 1 aliphatic rings. The minimum atomic E-state index is 0.711. The van der Waals surface area contributed by atoms with E-state index in [1.54, 1.807) is 23.9 Å². The first-order valence-corrected chi connectivity index (χ1v) is 8.21. The van der Waals surface area contributed by atoms with E-state index in [0.29, 0.717) is 6.54 Å². The largest absolute Gasteiger partial charge is 0.361 e. The Kier molecular flexibility index (Phi) is 3.51. The quantitative estimate of drug-likeness (QED) is 0.739. The van der Waals surface area contributed by atoms with E-state index in [0.717, 1.165) is 48.2 Å². The van der Waals surface area contributed by atoms with Crippen LogP contribution in [0.3, 0.4) is 0 Å². The van der Waals surface area contributed by atoms with Crippen molar-refractivity contribution < 1.29 is 4.52 Å². The fourth-order valence-electron chi connectivity index (χ4n) is 2.84. The fourth-order valence-corrected chi connectivity index (χ4v) is 3.45. The van der Waals surface area contributed by atoms with Gasteiger partial charge in [0.25, 0.3) is 0 Å². The number of fused-ring (bicyclic) bond motifs is 1. The SMILES string of the molecule is Cc1nc(CN2CCc3onc(Cn4ccnc4)c3C2)cs1. The van der Waals surface area contributed by atoms with Crippen LogP contribution in [0.1, 0.15) is 27.7 Å². The van der Waals surface area contributed by atoms with E-state index < -0.39 is 0 Å². The van der Waals surface area contributed by atoms with Crippen molar-refractivity contribution in [1.82, 2.24) is 24.6 Å². The molecule has 6 nitrogen and oxygen atoms in total. The Hall–Kier alpha value is -1.99. The van der Waals surface area contributed by atoms with Crippen LogP contribution in [0.2, 0.25) is 0 Å². The van der Waals surface area contributed by atoms with Crippen molar-refractivity contribution in [2.45, 2.75) is 33.0 Å². The summed E-state index contributed by atoms with van der Waals surface area (Å²) < 4.78 is 7.53. The van der Waals surface area contributed by atoms with Gasteiger partial charge in [-0.15, -0.1) is 11.3 Å². The number of rotatable bonds is 4. The van der Waals surface area contributed by atoms with Gasteiger partial charge in [-0.1, -0.05) is 5.16 Å². The first-order valence-electron chi connectivity index (χ1n) is 7.33. The van der Waals surface area contributed by atoms with Crippen LogP contribution in [-0.4, -0.2) is 31.1 Å². The Balaban J connectivity index is 1.50. The highest BCUT2D eigenvalue weighted by Gasteiger charge is 2.24. The Morgan fingerprint density at radius 1 is 1.36 bits per heavy atom. The second kappa shape index (κ2) is 5.66. The molecule has 22 heavy (non-hydrogen) atoms. The van der Waals surface area contributed by atoms with Gasteiger partial charge in [0.15, 0.2) is 0 Å². The molecule has 0 aliphatic carbocycles. The van der Waals surface area contributed by atoms with Crippen LogP contribution in [0, 0.1) is 6.92 Å². The first kappa shape index (κ1) is 13.7. The van der Waals surface area contributed by atoms with Gasteiger partial charge in [0.05, 0.1) is 23.6 Å². The Bertz CT molecular complexity index is 761. The smallest absolute Gasteiger partial charge is 0.142 e. The van der Waals surface area contributed by atoms with E-state index in [-0.39, 0.29) is 0 Å². The molecule has 0 N–H and O–H groups in total. The van der Waals surface area contributed by atoms with Crippen molar-refractivity contribution in [3.8, 4) is 0 Å². The van der Waals surface area contributed by atoms with Crippen molar-refractivity contribution in [3.63, 3.8) is 0 Å². The van der Waals surface area contributed by atoms with Crippen molar-refractivity contribution in [2.24, 2.45) is 0 Å². The summed E-state index contributed by atoms with van der Waals surface area (Å²) in [6.45, 7) is 5.51. The van der Waals surface area contributed by atoms with E-state index in [9.17, 15) is 0 Å². The number of hydrogen-bond donors (Lipinski definition) is 0. The molecule has 0 bridgehead atoms. The molecule has 0 spiro atoms. The fraction of sp³-hybridized carbons (Fsp3) is 0.400. The molecule has 0 aromatic carbocycles. The highest BCUT2D eigenvalue weighted by molar-refractivity contribution is 7.09. The van der Waals surface area contributed by atoms with Gasteiger partial charge < -0.3 is 9.09 Å². The van der Waals surface area contributed by atoms with Crippen molar-refractivity contribution in [2.75, 3.05) is 6.54 Å². The van der Waals surface area contributed by atoms with E-state index >= 15 is 0 Å². The lowest BCUT2D eigenvalue weighted by molar-refractivity contribution is 0.226. The summed E-state index contributed by atoms with van der Waals surface area (Å²) in [5.41, 5.74) is 3.39. The van der Waals surface area contributed by atoms with Crippen LogP contribution in [0.25, 0.3) is 0 Å². The van der Waals surface area contributed by atoms with E-state index in [1.165, 1.54) is 5.56 Å². The molecule has 1 aliphatic heterocycles. The average molecular weight is 315 g/mol. The minimum absolute atomic E-state index is 0.711. The Morgan fingerprint density at radius 3 is 3.09 bits per heavy atom. The number of aryl methyl sites for hydroxylation is 1. The van der Waals surface area contributed by atoms with Gasteiger partial charge in [-0.2, -0.15) is 0 Å². The van der Waals surface area contributed by atoms with Crippen LogP contribution in [-0.2, 0) is 26.1 Å². The van der Waals surface area contributed by atoms with Gasteiger partial charge in [0.1, 0.15) is 11.5 Å². The molecule has 114 valence electrons. The minimum Gasteiger partial charge on any atom is -0.361 e. The van der Waals surface area contributed by atoms with Crippen LogP contribution < -0.4 is 0 Å². The maximum Gasteiger partial charge on any atom is 0.142 e. The number of thiazole rings is 1. The molecule has 0 saturated carbocycles. The lowest BCUT2D eigenvalue weighted by Crippen LogP contribution is -2.30. The first-order chi connectivity index (χ1) is 10.8. The molecule has 0 fully saturated rings. The maximum atomic E-state index is 5.51. The highest BCUT2D eigenvalue weighted by Crippen LogP contribution is 2.24. The summed E-state index contributed by atoms with van der Waals surface area (Å²) in [4.78, 5) is 11.0. The second-order valence-corrected chi connectivity index (χ2v) is 6.65. The number of imidazole rings is 1. The number of aromatic nitrogens is 4. The van der Waals surface area contributed by atoms with Crippen molar-refractivity contribution >= 4 is 11.3 Å². The summed E-state index contributed by atoms with van der Waals surface area (Å²) in [7, 11) is 0. The molecule has 3 aromatic heterocycles. The molecule has 0 radical (unpaired) electrons. The lowest BCUT2D eigenvalue weighted by Gasteiger charge is -2.25. The van der Waals surface area contributed by atoms with Gasteiger partial charge in [-0.3, -0.25) is 4.90 Å². The summed E-state index contributed by atoms with van der Waals surface area (Å²) in [6.07, 6.45) is 6.44. The lowest BCUT2D eigenvalue weighted by atomic mass is 10.1. The van der Waals surface area contributed by atoms with Crippen molar-refractivity contribution in [3.05, 3.63) is 51.8 Å². The average Bonchev–Trinajstić information content (AvgIpc) is 3.23. The summed E-state index contributed by atoms with van der Waals surface area (Å²) >= 11 is 1.71. The van der Waals surface area contributed by atoms with Gasteiger partial charge in [-0.25, -0.2) is 9.97 Å². The van der Waals surface area contributed by atoms with E-state index in [4.69, 9.17) is 4.52 Å². The van der Waals surface area contributed by atoms with Crippen LogP contribution in [0.15, 0.2) is 28.6 Å². The second-order valence-electron chi connectivity index (χ2n) is 5.58. The predicted molar refractivity (Wildman–Crippen MR) is 82.5 cm³/mol. The zero-order chi connectivity index (χ0) is 14.9. The summed E-state index contributed by atoms with van der Waals surface area (Å²) in [5.74, 6) is 1.03. The normalized spacial score (nSPS) is 15.1. The topological polar surface area (TPSA) is 60.0 Å². The van der Waals surface area contributed by atoms with Gasteiger partial charge in [0.2, 0.25) is 0 Å². The summed E-state index contributed by atoms with van der Waals surface area (Å²) in [5, 5.41) is 7.52. The zero-order valence-corrected chi connectivity index (χ0v) is 13.2. The van der Waals surface area contributed by atoms with Crippen molar-refractivity contribution in [1.29, 1.82) is 0 Å². The monoisotopic (exact) mass is 315 g/mol. The zero-order valence-electron chi connectivity index (χ0n) is 12.4. The van der Waals surface area contributed by atoms with Gasteiger partial charge in [0, 0.05) is 49.4 Å². The molecule has 4 heterocycles. The third-order valence-electron chi connectivity index (χ3n) is 3.93. The Labute approximate surface area is 132 Å². The molecule has 3 aromatic rings. The number of hydrogen-bond acceptors (Lipinski definition) is 6. The van der Waals surface area contributed by atoms with Gasteiger partial charge in [-0.05, 0) is 6.92 Å². The highest BCUT2D eigenvalue weighted by atomic mass is 32.1. The molecular weight excluding hydrogens is 298 g/mol. The van der Waals surface area contributed by atoms with E-state index in [1.807, 2.05) is 17.7 Å². The molecule has 0 unspecified atom stereocenters. The molecule has 0 atom stereocenters. The van der Waals surface area contributed by atoms with Gasteiger partial charge >= 0.3 is 0 Å². The number of nitrogens with zero attached hydrogens (tertiary/aromatic N) is 5. The van der Waals surface area contributed by atoms with Crippen LogP contribution in [0.5, 0.6) is 0 Å². The standard InChI is InChI=1S/C15H17N5OS/c1-11-17-12(9-22-11)6-19-4-2-15-13(7-19)14(18-21-15)8-20-5-3-16-10-20/h3,5,9-10H,2,4,6-8H2,1H3. The molecule has 0 amide bonds. The third kappa shape index (κ3) is 2.69. The third-order valence-corrected chi connectivity index (χ3v) is 4.75. The molecule has 7 heteroatoms. The predicted octanol–water partition coefficient (Wildman–Crippen LogP) is 2.24. The van der Waals surface area contributed by atoms with E-state index in [2.05, 4.69) is 25.4 Å². The summed E-state index contributed by atoms with van der Waals surface area (Å²) in [6, 6.07) is 0. The van der Waals surface area contributed by atoms with Crippen LogP contribution >= 0.6 is 11.3 Å². The molecular formula is C15H17N5OS. The molecule has 4 rings (SSSR count). The Morgan fingerprint density at radius 2 is 2.32 bits per heavy atom. The van der Waals surface area contributed by atoms with Crippen LogP contribution in [0.4, 0.5) is 0 Å². The molecule has 0 saturated heterocycles. The maximum absolute atomic E-state index is 5.51.